The van der Waals surface area contributed by atoms with Crippen molar-refractivity contribution in [1.82, 2.24) is 9.62 Å². The zero-order valence-corrected chi connectivity index (χ0v) is 25.2. The Bertz CT molecular complexity index is 1480. The molecule has 3 atom stereocenters. The monoisotopic (exact) mass is 611 g/mol. The molecule has 5 rings (SSSR count). The molecule has 43 heavy (non-hydrogen) atoms. The summed E-state index contributed by atoms with van der Waals surface area (Å²) in [7, 11) is -3.76. The number of carbonyl (C=O) groups is 1. The van der Waals surface area contributed by atoms with E-state index in [1.54, 1.807) is 58.9 Å². The van der Waals surface area contributed by atoms with Gasteiger partial charge in [-0.25, -0.2) is 17.2 Å². The third-order valence-electron chi connectivity index (χ3n) is 8.59. The minimum absolute atomic E-state index is 0.131. The molecule has 7 nitrogen and oxygen atoms in total. The van der Waals surface area contributed by atoms with Crippen molar-refractivity contribution < 1.29 is 26.7 Å². The normalized spacial score (nSPS) is 20.9. The van der Waals surface area contributed by atoms with E-state index in [1.165, 1.54) is 18.2 Å². The van der Waals surface area contributed by atoms with Crippen LogP contribution in [0.3, 0.4) is 0 Å². The SMILES string of the molecule is CC1CNCC(CCc2c(F)cccc2NC(=O)CC(c2ccc(F)cc2)C2CCOCC2)N1S(=O)(=O)c1ccccc1. The summed E-state index contributed by atoms with van der Waals surface area (Å²) in [6, 6.07) is 18.5. The number of carbonyl (C=O) groups excluding carboxylic acids is 1. The molecule has 2 heterocycles. The number of rotatable bonds is 10. The van der Waals surface area contributed by atoms with Gasteiger partial charge in [-0.3, -0.25) is 4.79 Å². The van der Waals surface area contributed by atoms with Gasteiger partial charge in [0.1, 0.15) is 11.6 Å². The fourth-order valence-electron chi connectivity index (χ4n) is 6.40. The number of halogens is 2. The van der Waals surface area contributed by atoms with Crippen LogP contribution in [0.25, 0.3) is 0 Å². The van der Waals surface area contributed by atoms with Gasteiger partial charge in [-0.1, -0.05) is 36.4 Å². The van der Waals surface area contributed by atoms with E-state index in [9.17, 15) is 17.6 Å². The van der Waals surface area contributed by atoms with Crippen molar-refractivity contribution in [2.24, 2.45) is 5.92 Å². The van der Waals surface area contributed by atoms with E-state index >= 15 is 4.39 Å². The highest BCUT2D eigenvalue weighted by Gasteiger charge is 2.38. The fraction of sp³-hybridized carbons (Fsp3) is 0.424. The molecule has 0 radical (unpaired) electrons. The quantitative estimate of drug-likeness (QED) is 0.317. The van der Waals surface area contributed by atoms with Crippen LogP contribution in [-0.2, 0) is 26.0 Å². The first-order valence-corrected chi connectivity index (χ1v) is 16.4. The molecule has 2 saturated heterocycles. The highest BCUT2D eigenvalue weighted by atomic mass is 32.2. The van der Waals surface area contributed by atoms with Crippen molar-refractivity contribution in [1.29, 1.82) is 0 Å². The number of amides is 1. The maximum atomic E-state index is 15.2. The van der Waals surface area contributed by atoms with Crippen LogP contribution in [0.4, 0.5) is 14.5 Å². The van der Waals surface area contributed by atoms with Gasteiger partial charge in [0.2, 0.25) is 15.9 Å². The molecule has 0 aliphatic carbocycles. The maximum Gasteiger partial charge on any atom is 0.243 e. The van der Waals surface area contributed by atoms with E-state index in [0.717, 1.165) is 18.4 Å². The summed E-state index contributed by atoms with van der Waals surface area (Å²) in [5.74, 6) is -0.968. The number of nitrogens with one attached hydrogen (secondary N) is 2. The zero-order chi connectivity index (χ0) is 30.4. The lowest BCUT2D eigenvalue weighted by Gasteiger charge is -2.40. The van der Waals surface area contributed by atoms with Gasteiger partial charge < -0.3 is 15.4 Å². The van der Waals surface area contributed by atoms with Crippen LogP contribution in [0.1, 0.15) is 49.7 Å². The highest BCUT2D eigenvalue weighted by molar-refractivity contribution is 7.89. The Morgan fingerprint density at radius 1 is 1.00 bits per heavy atom. The second-order valence-electron chi connectivity index (χ2n) is 11.5. The molecule has 230 valence electrons. The Kier molecular flexibility index (Phi) is 10.2. The van der Waals surface area contributed by atoms with Crippen LogP contribution < -0.4 is 10.6 Å². The molecule has 0 spiro atoms. The van der Waals surface area contributed by atoms with Gasteiger partial charge in [0, 0.05) is 56.1 Å². The van der Waals surface area contributed by atoms with Crippen molar-refractivity contribution in [3.8, 4) is 0 Å². The van der Waals surface area contributed by atoms with Gasteiger partial charge in [0.25, 0.3) is 0 Å². The summed E-state index contributed by atoms with van der Waals surface area (Å²) in [5.41, 5.74) is 1.61. The largest absolute Gasteiger partial charge is 0.381 e. The lowest BCUT2D eigenvalue weighted by Crippen LogP contribution is -2.58. The van der Waals surface area contributed by atoms with Gasteiger partial charge in [-0.05, 0) is 86.4 Å². The summed E-state index contributed by atoms with van der Waals surface area (Å²) in [6.45, 7) is 4.06. The number of hydrogen-bond donors (Lipinski definition) is 2. The van der Waals surface area contributed by atoms with Gasteiger partial charge in [-0.15, -0.1) is 0 Å². The first-order chi connectivity index (χ1) is 20.7. The van der Waals surface area contributed by atoms with Crippen LogP contribution in [0.15, 0.2) is 77.7 Å². The van der Waals surface area contributed by atoms with Crippen LogP contribution in [0.5, 0.6) is 0 Å². The van der Waals surface area contributed by atoms with E-state index in [2.05, 4.69) is 10.6 Å². The first-order valence-electron chi connectivity index (χ1n) is 14.9. The third-order valence-corrected chi connectivity index (χ3v) is 10.7. The highest BCUT2D eigenvalue weighted by Crippen LogP contribution is 2.36. The lowest BCUT2D eigenvalue weighted by molar-refractivity contribution is -0.117. The molecule has 0 aromatic heterocycles. The molecule has 3 unspecified atom stereocenters. The van der Waals surface area contributed by atoms with Crippen LogP contribution in [0.2, 0.25) is 0 Å². The Labute approximate surface area is 252 Å². The maximum absolute atomic E-state index is 15.2. The van der Waals surface area contributed by atoms with E-state index in [0.29, 0.717) is 44.0 Å². The van der Waals surface area contributed by atoms with Gasteiger partial charge in [0.05, 0.1) is 4.90 Å². The van der Waals surface area contributed by atoms with Crippen molar-refractivity contribution in [2.75, 3.05) is 31.6 Å². The summed E-state index contributed by atoms with van der Waals surface area (Å²) in [5, 5.41) is 6.24. The zero-order valence-electron chi connectivity index (χ0n) is 24.3. The predicted octanol–water partition coefficient (Wildman–Crippen LogP) is 5.49. The Hall–Kier alpha value is -3.18. The van der Waals surface area contributed by atoms with Gasteiger partial charge in [0.15, 0.2) is 0 Å². The van der Waals surface area contributed by atoms with Crippen molar-refractivity contribution in [2.45, 2.75) is 61.9 Å². The van der Waals surface area contributed by atoms with Gasteiger partial charge in [-0.2, -0.15) is 4.31 Å². The average Bonchev–Trinajstić information content (AvgIpc) is 3.01. The van der Waals surface area contributed by atoms with E-state index in [-0.39, 0.29) is 47.3 Å². The predicted molar refractivity (Wildman–Crippen MR) is 162 cm³/mol. The number of hydrogen-bond acceptors (Lipinski definition) is 5. The smallest absolute Gasteiger partial charge is 0.243 e. The van der Waals surface area contributed by atoms with Gasteiger partial charge >= 0.3 is 0 Å². The first kappa shape index (κ1) is 31.3. The number of benzene rings is 3. The molecule has 1 amide bonds. The second-order valence-corrected chi connectivity index (χ2v) is 13.3. The average molecular weight is 612 g/mol. The molecule has 3 aromatic carbocycles. The summed E-state index contributed by atoms with van der Waals surface area (Å²) >= 11 is 0. The molecule has 2 aliphatic heterocycles. The van der Waals surface area contributed by atoms with Crippen molar-refractivity contribution in [3.05, 3.63) is 95.6 Å². The molecule has 2 N–H and O–H groups in total. The molecule has 10 heteroatoms. The minimum atomic E-state index is -3.76. The Morgan fingerprint density at radius 2 is 1.72 bits per heavy atom. The molecule has 2 aliphatic rings. The fourth-order valence-corrected chi connectivity index (χ4v) is 8.27. The van der Waals surface area contributed by atoms with E-state index in [4.69, 9.17) is 4.74 Å². The van der Waals surface area contributed by atoms with E-state index < -0.39 is 21.9 Å². The van der Waals surface area contributed by atoms with Crippen molar-refractivity contribution in [3.63, 3.8) is 0 Å². The third kappa shape index (κ3) is 7.49. The Morgan fingerprint density at radius 3 is 2.44 bits per heavy atom. The molecule has 0 saturated carbocycles. The minimum Gasteiger partial charge on any atom is -0.381 e. The van der Waals surface area contributed by atoms with E-state index in [1.807, 2.05) is 6.92 Å². The molecular formula is C33H39F2N3O4S. The number of nitrogens with zero attached hydrogens (tertiary/aromatic N) is 1. The van der Waals surface area contributed by atoms with Crippen molar-refractivity contribution >= 4 is 21.6 Å². The number of ether oxygens (including phenoxy) is 1. The molecule has 3 aromatic rings. The number of anilines is 1. The van der Waals surface area contributed by atoms with Crippen LogP contribution >= 0.6 is 0 Å². The van der Waals surface area contributed by atoms with Crippen LogP contribution in [-0.4, -0.2) is 57.0 Å². The molecular weight excluding hydrogens is 572 g/mol. The summed E-state index contributed by atoms with van der Waals surface area (Å²) in [6.07, 6.45) is 2.38. The standard InChI is InChI=1S/C33H39F2N3O4S/c1-23-21-36-22-27(38(23)43(40,41)28-6-3-2-4-7-28)14-15-29-31(35)8-5-9-32(29)37-33(39)20-30(25-16-18-42-19-17-25)24-10-12-26(34)13-11-24/h2-13,23,25,27,30,36H,14-22H2,1H3,(H,37,39). The number of piperazine rings is 1. The summed E-state index contributed by atoms with van der Waals surface area (Å²) < 4.78 is 63.2. The Balaban J connectivity index is 1.32. The topological polar surface area (TPSA) is 87.7 Å². The number of sulfonamides is 1. The molecule has 2 fully saturated rings. The molecule has 0 bridgehead atoms. The summed E-state index contributed by atoms with van der Waals surface area (Å²) in [4.78, 5) is 13.7. The lowest BCUT2D eigenvalue weighted by atomic mass is 9.79. The van der Waals surface area contributed by atoms with Crippen LogP contribution in [0, 0.1) is 17.6 Å². The second kappa shape index (κ2) is 14.1.